The van der Waals surface area contributed by atoms with Crippen LogP contribution in [0.2, 0.25) is 0 Å². The predicted octanol–water partition coefficient (Wildman–Crippen LogP) is 3.60. The minimum atomic E-state index is -0.827. The third-order valence-electron chi connectivity index (χ3n) is 3.80. The molecule has 27 heavy (non-hydrogen) atoms. The topological polar surface area (TPSA) is 120 Å². The number of esters is 1. The van der Waals surface area contributed by atoms with E-state index in [0.717, 1.165) is 11.6 Å². The molecular formula is C18H16N4O5. The van der Waals surface area contributed by atoms with Crippen LogP contribution in [0.25, 0.3) is 11.5 Å². The fourth-order valence-electron chi connectivity index (χ4n) is 2.40. The summed E-state index contributed by atoms with van der Waals surface area (Å²) in [5.74, 6) is -0.312. The molecule has 3 aromatic rings. The zero-order valence-electron chi connectivity index (χ0n) is 14.6. The minimum absolute atomic E-state index is 0.0429. The number of nitro benzene ring substituents is 1. The molecule has 1 heterocycles. The molecule has 0 aliphatic rings. The molecule has 138 valence electrons. The number of ether oxygens (including phenoxy) is 1. The summed E-state index contributed by atoms with van der Waals surface area (Å²) in [6.45, 7) is 1.58. The Morgan fingerprint density at radius 3 is 2.63 bits per heavy atom. The van der Waals surface area contributed by atoms with Crippen molar-refractivity contribution in [3.8, 4) is 11.5 Å². The maximum absolute atomic E-state index is 12.5. The fourth-order valence-corrected chi connectivity index (χ4v) is 2.40. The number of nitro groups is 1. The third kappa shape index (κ3) is 3.92. The average Bonchev–Trinajstić information content (AvgIpc) is 3.18. The number of nitrogens with zero attached hydrogens (tertiary/aromatic N) is 3. The van der Waals surface area contributed by atoms with Gasteiger partial charge in [0.25, 0.3) is 11.6 Å². The molecular weight excluding hydrogens is 352 g/mol. The molecule has 0 aliphatic heterocycles. The van der Waals surface area contributed by atoms with Crippen LogP contribution in [0, 0.1) is 10.1 Å². The molecule has 0 aliphatic carbocycles. The Morgan fingerprint density at radius 2 is 1.96 bits per heavy atom. The van der Waals surface area contributed by atoms with Crippen LogP contribution in [-0.4, -0.2) is 28.1 Å². The average molecular weight is 368 g/mol. The number of aromatic nitrogens is 2. The second-order valence-electron chi connectivity index (χ2n) is 5.60. The van der Waals surface area contributed by atoms with E-state index < -0.39 is 17.0 Å². The number of rotatable bonds is 6. The summed E-state index contributed by atoms with van der Waals surface area (Å²) in [7, 11) is 1.60. The predicted molar refractivity (Wildman–Crippen MR) is 96.2 cm³/mol. The van der Waals surface area contributed by atoms with Gasteiger partial charge in [0.05, 0.1) is 10.5 Å². The normalized spacial score (nSPS) is 11.6. The van der Waals surface area contributed by atoms with Gasteiger partial charge in [-0.15, -0.1) is 10.2 Å². The van der Waals surface area contributed by atoms with Crippen LogP contribution < -0.4 is 5.32 Å². The van der Waals surface area contributed by atoms with Crippen LogP contribution in [0.1, 0.15) is 29.3 Å². The Balaban J connectivity index is 1.79. The van der Waals surface area contributed by atoms with Gasteiger partial charge in [0.15, 0.2) is 6.10 Å². The highest BCUT2D eigenvalue weighted by molar-refractivity contribution is 5.96. The van der Waals surface area contributed by atoms with Crippen LogP contribution in [0.3, 0.4) is 0 Å². The third-order valence-corrected chi connectivity index (χ3v) is 3.80. The van der Waals surface area contributed by atoms with E-state index in [1.165, 1.54) is 12.1 Å². The first-order chi connectivity index (χ1) is 13.0. The van der Waals surface area contributed by atoms with Crippen LogP contribution >= 0.6 is 0 Å². The van der Waals surface area contributed by atoms with E-state index in [0.29, 0.717) is 11.6 Å². The summed E-state index contributed by atoms with van der Waals surface area (Å²) in [4.78, 5) is 22.9. The van der Waals surface area contributed by atoms with Crippen molar-refractivity contribution < 1.29 is 18.9 Å². The fraction of sp³-hybridized carbons (Fsp3) is 0.167. The van der Waals surface area contributed by atoms with E-state index in [4.69, 9.17) is 9.15 Å². The highest BCUT2D eigenvalue weighted by atomic mass is 16.6. The highest BCUT2D eigenvalue weighted by Crippen LogP contribution is 2.26. The molecule has 0 fully saturated rings. The van der Waals surface area contributed by atoms with Crippen molar-refractivity contribution in [2.45, 2.75) is 13.0 Å². The highest BCUT2D eigenvalue weighted by Gasteiger charge is 2.23. The van der Waals surface area contributed by atoms with E-state index in [2.05, 4.69) is 15.5 Å². The van der Waals surface area contributed by atoms with Crippen molar-refractivity contribution in [2.75, 3.05) is 12.4 Å². The first kappa shape index (κ1) is 18.1. The maximum atomic E-state index is 12.5. The zero-order chi connectivity index (χ0) is 19.4. The Morgan fingerprint density at radius 1 is 1.22 bits per heavy atom. The summed E-state index contributed by atoms with van der Waals surface area (Å²) in [5.41, 5.74) is 0.985. The van der Waals surface area contributed by atoms with Gasteiger partial charge in [0.1, 0.15) is 0 Å². The Hall–Kier alpha value is -3.75. The lowest BCUT2D eigenvalue weighted by atomic mass is 10.1. The lowest BCUT2D eigenvalue weighted by Gasteiger charge is -2.12. The molecule has 1 aromatic heterocycles. The number of carbonyl (C=O) groups excluding carboxylic acids is 1. The standard InChI is InChI=1S/C18H16N4O5/c1-11(16-20-21-17(27-16)12-6-4-3-5-7-12)26-18(23)14-10-13(22(24)25)8-9-15(14)19-2/h3-11,19H,1-2H3/t11-/m0/s1. The van der Waals surface area contributed by atoms with Gasteiger partial charge in [-0.3, -0.25) is 10.1 Å². The number of nitrogens with one attached hydrogen (secondary N) is 1. The summed E-state index contributed by atoms with van der Waals surface area (Å²) in [6, 6.07) is 13.1. The van der Waals surface area contributed by atoms with Crippen molar-refractivity contribution in [3.63, 3.8) is 0 Å². The number of hydrogen-bond donors (Lipinski definition) is 1. The quantitative estimate of drug-likeness (QED) is 0.398. The van der Waals surface area contributed by atoms with Gasteiger partial charge in [-0.2, -0.15) is 0 Å². The van der Waals surface area contributed by atoms with E-state index in [-0.39, 0.29) is 17.1 Å². The van der Waals surface area contributed by atoms with E-state index >= 15 is 0 Å². The van der Waals surface area contributed by atoms with Gasteiger partial charge in [0, 0.05) is 30.4 Å². The van der Waals surface area contributed by atoms with Crippen LogP contribution in [0.15, 0.2) is 52.9 Å². The summed E-state index contributed by atoms with van der Waals surface area (Å²) in [6.07, 6.45) is -0.827. The van der Waals surface area contributed by atoms with Gasteiger partial charge in [-0.1, -0.05) is 18.2 Å². The molecule has 1 N–H and O–H groups in total. The van der Waals surface area contributed by atoms with Gasteiger partial charge >= 0.3 is 5.97 Å². The number of hydrogen-bond acceptors (Lipinski definition) is 8. The molecule has 3 rings (SSSR count). The Kier molecular flexibility index (Phi) is 5.11. The molecule has 0 amide bonds. The lowest BCUT2D eigenvalue weighted by molar-refractivity contribution is -0.384. The van der Waals surface area contributed by atoms with Crippen molar-refractivity contribution in [1.82, 2.24) is 10.2 Å². The lowest BCUT2D eigenvalue weighted by Crippen LogP contribution is -2.12. The molecule has 0 unspecified atom stereocenters. The minimum Gasteiger partial charge on any atom is -0.449 e. The van der Waals surface area contributed by atoms with Crippen molar-refractivity contribution in [1.29, 1.82) is 0 Å². The molecule has 0 bridgehead atoms. The van der Waals surface area contributed by atoms with E-state index in [9.17, 15) is 14.9 Å². The monoisotopic (exact) mass is 368 g/mol. The van der Waals surface area contributed by atoms with Crippen molar-refractivity contribution >= 4 is 17.3 Å². The second-order valence-corrected chi connectivity index (χ2v) is 5.60. The second kappa shape index (κ2) is 7.65. The summed E-state index contributed by atoms with van der Waals surface area (Å²) >= 11 is 0. The van der Waals surface area contributed by atoms with E-state index in [1.54, 1.807) is 14.0 Å². The van der Waals surface area contributed by atoms with E-state index in [1.807, 2.05) is 30.3 Å². The van der Waals surface area contributed by atoms with Crippen LogP contribution in [-0.2, 0) is 4.74 Å². The number of benzene rings is 2. The SMILES string of the molecule is CNc1ccc([N+](=O)[O-])cc1C(=O)O[C@@H](C)c1nnc(-c2ccccc2)o1. The van der Waals surface area contributed by atoms with Gasteiger partial charge in [-0.05, 0) is 25.1 Å². The van der Waals surface area contributed by atoms with Crippen LogP contribution in [0.5, 0.6) is 0 Å². The summed E-state index contributed by atoms with van der Waals surface area (Å²) < 4.78 is 10.9. The largest absolute Gasteiger partial charge is 0.449 e. The number of non-ortho nitro benzene ring substituents is 1. The van der Waals surface area contributed by atoms with Crippen molar-refractivity contribution in [3.05, 3.63) is 70.1 Å². The van der Waals surface area contributed by atoms with Gasteiger partial charge < -0.3 is 14.5 Å². The molecule has 0 saturated heterocycles. The first-order valence-electron chi connectivity index (χ1n) is 8.05. The molecule has 1 atom stereocenters. The number of carbonyl (C=O) groups is 1. The van der Waals surface area contributed by atoms with Gasteiger partial charge in [0.2, 0.25) is 5.89 Å². The molecule has 9 heteroatoms. The Labute approximate surface area is 154 Å². The number of anilines is 1. The van der Waals surface area contributed by atoms with Crippen LogP contribution in [0.4, 0.5) is 11.4 Å². The summed E-state index contributed by atoms with van der Waals surface area (Å²) in [5, 5.41) is 21.6. The van der Waals surface area contributed by atoms with Crippen molar-refractivity contribution in [2.24, 2.45) is 0 Å². The molecule has 9 nitrogen and oxygen atoms in total. The maximum Gasteiger partial charge on any atom is 0.341 e. The first-order valence-corrected chi connectivity index (χ1v) is 8.05. The van der Waals surface area contributed by atoms with Gasteiger partial charge in [-0.25, -0.2) is 4.79 Å². The molecule has 0 spiro atoms. The Bertz CT molecular complexity index is 971. The smallest absolute Gasteiger partial charge is 0.341 e. The molecule has 0 saturated carbocycles. The molecule has 0 radical (unpaired) electrons. The molecule has 2 aromatic carbocycles. The zero-order valence-corrected chi connectivity index (χ0v) is 14.6.